The first-order valence-electron chi connectivity index (χ1n) is 9.67. The highest BCUT2D eigenvalue weighted by molar-refractivity contribution is 6.30. The largest absolute Gasteiger partial charge is 0.341 e. The minimum Gasteiger partial charge on any atom is -0.341 e. The van der Waals surface area contributed by atoms with Crippen LogP contribution in [-0.4, -0.2) is 57.2 Å². The van der Waals surface area contributed by atoms with Crippen LogP contribution in [0.15, 0.2) is 24.3 Å². The van der Waals surface area contributed by atoms with Crippen LogP contribution in [0.5, 0.6) is 0 Å². The van der Waals surface area contributed by atoms with E-state index < -0.39 is 6.04 Å². The zero-order valence-electron chi connectivity index (χ0n) is 16.3. The Morgan fingerprint density at radius 1 is 1.25 bits per heavy atom. The number of tetrazole rings is 1. The lowest BCUT2D eigenvalue weighted by atomic mass is 9.96. The van der Waals surface area contributed by atoms with Gasteiger partial charge in [0, 0.05) is 23.7 Å². The fourth-order valence-corrected chi connectivity index (χ4v) is 3.55. The van der Waals surface area contributed by atoms with Crippen LogP contribution in [0.25, 0.3) is 11.4 Å². The number of hydrogen-bond donors (Lipinski definition) is 1. The molecule has 1 amide bonds. The summed E-state index contributed by atoms with van der Waals surface area (Å²) in [5, 5.41) is 16.8. The molecule has 28 heavy (non-hydrogen) atoms. The van der Waals surface area contributed by atoms with E-state index in [1.807, 2.05) is 24.0 Å². The van der Waals surface area contributed by atoms with E-state index in [9.17, 15) is 4.79 Å². The molecule has 1 aliphatic heterocycles. The van der Waals surface area contributed by atoms with Crippen LogP contribution < -0.4 is 5.32 Å². The van der Waals surface area contributed by atoms with Crippen molar-refractivity contribution < 1.29 is 4.79 Å². The lowest BCUT2D eigenvalue weighted by Crippen LogP contribution is -2.44. The molecule has 2 heterocycles. The minimum atomic E-state index is -0.413. The maximum Gasteiger partial charge on any atom is 0.249 e. The summed E-state index contributed by atoms with van der Waals surface area (Å²) < 4.78 is 0. The Hall–Kier alpha value is -1.70. The van der Waals surface area contributed by atoms with Crippen molar-refractivity contribution in [2.75, 3.05) is 26.2 Å². The van der Waals surface area contributed by atoms with Gasteiger partial charge in [0.15, 0.2) is 6.04 Å². The Kier molecular flexibility index (Phi) is 8.66. The second-order valence-corrected chi connectivity index (χ2v) is 7.38. The predicted octanol–water partition coefficient (Wildman–Crippen LogP) is 3.21. The minimum absolute atomic E-state index is 0. The molecule has 1 unspecified atom stereocenters. The summed E-state index contributed by atoms with van der Waals surface area (Å²) >= 11 is 5.93. The van der Waals surface area contributed by atoms with Crippen LogP contribution in [0.3, 0.4) is 0 Å². The molecule has 1 saturated heterocycles. The van der Waals surface area contributed by atoms with Gasteiger partial charge in [-0.25, -0.2) is 0 Å². The molecule has 154 valence electrons. The number of hydrogen-bond acceptors (Lipinski definition) is 5. The standard InChI is InChI=1S/C19H27ClN6O.ClH/c1-3-17(19(27)25-11-9-14(10-12-25)13-21-4-2)26-23-18(22-24-26)15-5-7-16(20)8-6-15;/h5-8,14,17,21H,3-4,9-13H2,1-2H3;1H. The van der Waals surface area contributed by atoms with Crippen LogP contribution in [0.2, 0.25) is 5.02 Å². The van der Waals surface area contributed by atoms with Gasteiger partial charge in [-0.3, -0.25) is 4.79 Å². The highest BCUT2D eigenvalue weighted by atomic mass is 35.5. The molecule has 1 fully saturated rings. The molecule has 9 heteroatoms. The second kappa shape index (κ2) is 10.7. The number of likely N-dealkylation sites (tertiary alicyclic amines) is 1. The molecule has 7 nitrogen and oxygen atoms in total. The summed E-state index contributed by atoms with van der Waals surface area (Å²) in [6, 6.07) is 6.86. The van der Waals surface area contributed by atoms with Crippen molar-refractivity contribution in [3.63, 3.8) is 0 Å². The van der Waals surface area contributed by atoms with Crippen molar-refractivity contribution in [1.82, 2.24) is 30.4 Å². The monoisotopic (exact) mass is 426 g/mol. The molecule has 1 N–H and O–H groups in total. The van der Waals surface area contributed by atoms with Gasteiger partial charge >= 0.3 is 0 Å². The summed E-state index contributed by atoms with van der Waals surface area (Å²) in [5.41, 5.74) is 0.831. The molecule has 1 atom stereocenters. The van der Waals surface area contributed by atoms with Gasteiger partial charge in [0.05, 0.1) is 0 Å². The molecule has 3 rings (SSSR count). The molecule has 0 saturated carbocycles. The van der Waals surface area contributed by atoms with Crippen LogP contribution in [-0.2, 0) is 4.79 Å². The lowest BCUT2D eigenvalue weighted by molar-refractivity contribution is -0.137. The average Bonchev–Trinajstić information content (AvgIpc) is 3.17. The zero-order chi connectivity index (χ0) is 19.2. The lowest BCUT2D eigenvalue weighted by Gasteiger charge is -2.33. The molecule has 2 aromatic rings. The van der Waals surface area contributed by atoms with Gasteiger partial charge in [-0.05, 0) is 67.7 Å². The number of halogens is 2. The Balaban J connectivity index is 0.00000280. The molecule has 0 spiro atoms. The number of benzene rings is 1. The zero-order valence-corrected chi connectivity index (χ0v) is 17.9. The van der Waals surface area contributed by atoms with Crippen LogP contribution in [0.4, 0.5) is 0 Å². The van der Waals surface area contributed by atoms with E-state index in [1.54, 1.807) is 12.1 Å². The number of nitrogens with zero attached hydrogens (tertiary/aromatic N) is 5. The Morgan fingerprint density at radius 2 is 1.93 bits per heavy atom. The summed E-state index contributed by atoms with van der Waals surface area (Å²) in [5.74, 6) is 1.23. The first-order valence-corrected chi connectivity index (χ1v) is 10.0. The Morgan fingerprint density at radius 3 is 2.54 bits per heavy atom. The number of nitrogens with one attached hydrogen (secondary N) is 1. The molecular weight excluding hydrogens is 399 g/mol. The maximum atomic E-state index is 13.0. The fraction of sp³-hybridized carbons (Fsp3) is 0.579. The van der Waals surface area contributed by atoms with Gasteiger partial charge in [-0.1, -0.05) is 25.4 Å². The van der Waals surface area contributed by atoms with Crippen LogP contribution >= 0.6 is 24.0 Å². The van der Waals surface area contributed by atoms with Crippen molar-refractivity contribution >= 4 is 29.9 Å². The highest BCUT2D eigenvalue weighted by Crippen LogP contribution is 2.22. The Labute approximate surface area is 177 Å². The molecular formula is C19H28Cl2N6O. The average molecular weight is 427 g/mol. The van der Waals surface area contributed by atoms with E-state index in [4.69, 9.17) is 11.6 Å². The summed E-state index contributed by atoms with van der Waals surface area (Å²) in [6.45, 7) is 7.71. The smallest absolute Gasteiger partial charge is 0.249 e. The number of aromatic nitrogens is 4. The third-order valence-corrected chi connectivity index (χ3v) is 5.34. The third kappa shape index (κ3) is 5.43. The predicted molar refractivity (Wildman–Crippen MR) is 113 cm³/mol. The molecule has 1 aromatic heterocycles. The maximum absolute atomic E-state index is 13.0. The quantitative estimate of drug-likeness (QED) is 0.735. The van der Waals surface area contributed by atoms with E-state index in [0.717, 1.165) is 44.6 Å². The van der Waals surface area contributed by atoms with Crippen molar-refractivity contribution in [2.45, 2.75) is 39.2 Å². The molecule has 1 aliphatic rings. The number of rotatable bonds is 7. The highest BCUT2D eigenvalue weighted by Gasteiger charge is 2.30. The summed E-state index contributed by atoms with van der Waals surface area (Å²) in [7, 11) is 0. The topological polar surface area (TPSA) is 75.9 Å². The Bertz CT molecular complexity index is 743. The molecule has 0 bridgehead atoms. The first-order chi connectivity index (χ1) is 13.1. The van der Waals surface area contributed by atoms with Gasteiger partial charge in [0.25, 0.3) is 0 Å². The van der Waals surface area contributed by atoms with Crippen LogP contribution in [0.1, 0.15) is 39.2 Å². The SMILES string of the molecule is CCNCC1CCN(C(=O)C(CC)n2nnc(-c3ccc(Cl)cc3)n2)CC1.Cl. The fourth-order valence-electron chi connectivity index (χ4n) is 3.43. The van der Waals surface area contributed by atoms with Crippen molar-refractivity contribution in [3.05, 3.63) is 29.3 Å². The third-order valence-electron chi connectivity index (χ3n) is 5.09. The normalized spacial score (nSPS) is 15.9. The van der Waals surface area contributed by atoms with E-state index in [1.165, 1.54) is 4.80 Å². The second-order valence-electron chi connectivity index (χ2n) is 6.94. The number of carbonyl (C=O) groups excluding carboxylic acids is 1. The first kappa shape index (κ1) is 22.6. The number of carbonyl (C=O) groups is 1. The van der Waals surface area contributed by atoms with Gasteiger partial charge in [0.1, 0.15) is 0 Å². The molecule has 0 radical (unpaired) electrons. The van der Waals surface area contributed by atoms with Gasteiger partial charge in [0.2, 0.25) is 11.7 Å². The van der Waals surface area contributed by atoms with E-state index >= 15 is 0 Å². The van der Waals surface area contributed by atoms with Crippen LogP contribution in [0, 0.1) is 5.92 Å². The summed E-state index contributed by atoms with van der Waals surface area (Å²) in [6.07, 6.45) is 2.71. The van der Waals surface area contributed by atoms with Gasteiger partial charge < -0.3 is 10.2 Å². The van der Waals surface area contributed by atoms with E-state index in [-0.39, 0.29) is 18.3 Å². The number of amides is 1. The molecule has 1 aromatic carbocycles. The van der Waals surface area contributed by atoms with Gasteiger partial charge in [-0.15, -0.1) is 22.6 Å². The summed E-state index contributed by atoms with van der Waals surface area (Å²) in [4.78, 5) is 16.4. The van der Waals surface area contributed by atoms with E-state index in [0.29, 0.717) is 23.2 Å². The number of piperidine rings is 1. The van der Waals surface area contributed by atoms with Crippen molar-refractivity contribution in [3.8, 4) is 11.4 Å². The van der Waals surface area contributed by atoms with Crippen molar-refractivity contribution in [1.29, 1.82) is 0 Å². The van der Waals surface area contributed by atoms with Crippen molar-refractivity contribution in [2.24, 2.45) is 5.92 Å². The van der Waals surface area contributed by atoms with E-state index in [2.05, 4.69) is 27.7 Å². The van der Waals surface area contributed by atoms with Gasteiger partial charge in [-0.2, -0.15) is 4.80 Å². The molecule has 0 aliphatic carbocycles.